The van der Waals surface area contributed by atoms with Crippen molar-refractivity contribution in [1.82, 2.24) is 5.32 Å². The summed E-state index contributed by atoms with van der Waals surface area (Å²) in [4.78, 5) is 12.0. The van der Waals surface area contributed by atoms with Crippen LogP contribution in [0.15, 0.2) is 36.4 Å². The molecule has 2 aromatic rings. The Morgan fingerprint density at radius 1 is 1.13 bits per heavy atom. The molecule has 0 saturated carbocycles. The lowest BCUT2D eigenvalue weighted by Gasteiger charge is -2.10. The van der Waals surface area contributed by atoms with Gasteiger partial charge in [-0.1, -0.05) is 17.7 Å². The van der Waals surface area contributed by atoms with Crippen LogP contribution in [0.25, 0.3) is 0 Å². The molecule has 1 amide bonds. The molecule has 0 bridgehead atoms. The predicted octanol–water partition coefficient (Wildman–Crippen LogP) is 3.36. The van der Waals surface area contributed by atoms with Crippen LogP contribution in [0.5, 0.6) is 11.5 Å². The quantitative estimate of drug-likeness (QED) is 0.879. The normalized spacial score (nSPS) is 10.3. The Bertz CT molecular complexity index is 706. The Hall–Kier alpha value is -2.27. The van der Waals surface area contributed by atoms with Gasteiger partial charge in [0.1, 0.15) is 5.82 Å². The monoisotopic (exact) mass is 337 g/mol. The van der Waals surface area contributed by atoms with Gasteiger partial charge in [0.15, 0.2) is 11.5 Å². The third-order valence-corrected chi connectivity index (χ3v) is 3.53. The minimum atomic E-state index is -0.402. The maximum atomic E-state index is 13.6. The number of carbonyl (C=O) groups is 1. The highest BCUT2D eigenvalue weighted by atomic mass is 35.5. The summed E-state index contributed by atoms with van der Waals surface area (Å²) in [6.07, 6.45) is 0.155. The minimum absolute atomic E-state index is 0.0819. The molecule has 0 fully saturated rings. The standard InChI is InChI=1S/C17H17ClFNO3/c1-22-15-6-3-11(7-16(15)23-2)8-17(21)20-10-12-9-13(18)4-5-14(12)19/h3-7,9H,8,10H2,1-2H3,(H,20,21). The smallest absolute Gasteiger partial charge is 0.224 e. The number of methoxy groups -OCH3 is 2. The number of halogens is 2. The van der Waals surface area contributed by atoms with E-state index in [2.05, 4.69) is 5.32 Å². The number of nitrogens with one attached hydrogen (secondary N) is 1. The lowest BCUT2D eigenvalue weighted by atomic mass is 10.1. The molecule has 0 heterocycles. The van der Waals surface area contributed by atoms with Crippen molar-refractivity contribution in [1.29, 1.82) is 0 Å². The maximum Gasteiger partial charge on any atom is 0.224 e. The van der Waals surface area contributed by atoms with Crippen molar-refractivity contribution >= 4 is 17.5 Å². The molecule has 2 rings (SSSR count). The first-order chi connectivity index (χ1) is 11.0. The van der Waals surface area contributed by atoms with Crippen molar-refractivity contribution in [3.8, 4) is 11.5 Å². The van der Waals surface area contributed by atoms with Crippen LogP contribution in [-0.2, 0) is 17.8 Å². The summed E-state index contributed by atoms with van der Waals surface area (Å²) in [5, 5.41) is 3.10. The maximum absolute atomic E-state index is 13.6. The van der Waals surface area contributed by atoms with Crippen molar-refractivity contribution in [3.63, 3.8) is 0 Å². The van der Waals surface area contributed by atoms with Crippen molar-refractivity contribution in [3.05, 3.63) is 58.4 Å². The van der Waals surface area contributed by atoms with Gasteiger partial charge in [-0.15, -0.1) is 0 Å². The van der Waals surface area contributed by atoms with Crippen LogP contribution >= 0.6 is 11.6 Å². The predicted molar refractivity (Wildman–Crippen MR) is 86.5 cm³/mol. The molecule has 4 nitrogen and oxygen atoms in total. The first-order valence-electron chi connectivity index (χ1n) is 6.95. The summed E-state index contributed by atoms with van der Waals surface area (Å²) in [5.74, 6) is 0.522. The molecule has 0 aromatic heterocycles. The highest BCUT2D eigenvalue weighted by Gasteiger charge is 2.09. The minimum Gasteiger partial charge on any atom is -0.493 e. The molecule has 0 radical (unpaired) electrons. The highest BCUT2D eigenvalue weighted by molar-refractivity contribution is 6.30. The van der Waals surface area contributed by atoms with Crippen LogP contribution in [0.1, 0.15) is 11.1 Å². The zero-order valence-electron chi connectivity index (χ0n) is 12.9. The highest BCUT2D eigenvalue weighted by Crippen LogP contribution is 2.27. The fourth-order valence-electron chi connectivity index (χ4n) is 2.11. The second-order valence-electron chi connectivity index (χ2n) is 4.88. The SMILES string of the molecule is COc1ccc(CC(=O)NCc2cc(Cl)ccc2F)cc1OC. The first kappa shape index (κ1) is 17.1. The summed E-state index contributed by atoms with van der Waals surface area (Å²) >= 11 is 5.82. The lowest BCUT2D eigenvalue weighted by molar-refractivity contribution is -0.120. The average molecular weight is 338 g/mol. The number of hydrogen-bond acceptors (Lipinski definition) is 3. The van der Waals surface area contributed by atoms with Gasteiger partial charge in [-0.05, 0) is 35.9 Å². The van der Waals surface area contributed by atoms with Crippen LogP contribution in [-0.4, -0.2) is 20.1 Å². The molecule has 0 saturated heterocycles. The molecule has 0 aliphatic heterocycles. The largest absolute Gasteiger partial charge is 0.493 e. The van der Waals surface area contributed by atoms with Crippen LogP contribution in [0.2, 0.25) is 5.02 Å². The summed E-state index contributed by atoms with van der Waals surface area (Å²) < 4.78 is 23.9. The van der Waals surface area contributed by atoms with Crippen molar-refractivity contribution in [2.45, 2.75) is 13.0 Å². The molecule has 6 heteroatoms. The zero-order valence-corrected chi connectivity index (χ0v) is 13.6. The number of benzene rings is 2. The van der Waals surface area contributed by atoms with Crippen LogP contribution in [0.3, 0.4) is 0 Å². The van der Waals surface area contributed by atoms with Gasteiger partial charge in [0.2, 0.25) is 5.91 Å². The van der Waals surface area contributed by atoms with Gasteiger partial charge in [-0.2, -0.15) is 0 Å². The third-order valence-electron chi connectivity index (χ3n) is 3.30. The van der Waals surface area contributed by atoms with Gasteiger partial charge in [0, 0.05) is 17.1 Å². The van der Waals surface area contributed by atoms with E-state index in [1.165, 1.54) is 25.3 Å². The van der Waals surface area contributed by atoms with Gasteiger partial charge in [0.05, 0.1) is 20.6 Å². The molecule has 0 spiro atoms. The molecule has 2 aromatic carbocycles. The molecule has 0 aliphatic rings. The average Bonchev–Trinajstić information content (AvgIpc) is 2.55. The molecule has 0 atom stereocenters. The van der Waals surface area contributed by atoms with Crippen LogP contribution < -0.4 is 14.8 Å². The molecule has 0 unspecified atom stereocenters. The summed E-state index contributed by atoms with van der Waals surface area (Å²) in [7, 11) is 3.08. The fourth-order valence-corrected chi connectivity index (χ4v) is 2.31. The first-order valence-corrected chi connectivity index (χ1v) is 7.33. The Kier molecular flexibility index (Phi) is 5.82. The molecule has 1 N–H and O–H groups in total. The van der Waals surface area contributed by atoms with Gasteiger partial charge < -0.3 is 14.8 Å². The number of hydrogen-bond donors (Lipinski definition) is 1. The van der Waals surface area contributed by atoms with E-state index in [0.717, 1.165) is 5.56 Å². The summed E-state index contributed by atoms with van der Waals surface area (Å²) in [6.45, 7) is 0.0819. The fraction of sp³-hybridized carbons (Fsp3) is 0.235. The lowest BCUT2D eigenvalue weighted by Crippen LogP contribution is -2.25. The molecular weight excluding hydrogens is 321 g/mol. The van der Waals surface area contributed by atoms with Gasteiger partial charge in [0.25, 0.3) is 0 Å². The van der Waals surface area contributed by atoms with E-state index in [1.807, 2.05) is 0 Å². The Morgan fingerprint density at radius 3 is 2.57 bits per heavy atom. The number of rotatable bonds is 6. The summed E-state index contributed by atoms with van der Waals surface area (Å²) in [5.41, 5.74) is 1.12. The van der Waals surface area contributed by atoms with E-state index in [-0.39, 0.29) is 18.9 Å². The Labute approximate surface area is 139 Å². The van der Waals surface area contributed by atoms with E-state index in [9.17, 15) is 9.18 Å². The third kappa shape index (κ3) is 4.60. The van der Waals surface area contributed by atoms with Crippen molar-refractivity contribution in [2.24, 2.45) is 0 Å². The van der Waals surface area contributed by atoms with Crippen molar-refractivity contribution in [2.75, 3.05) is 14.2 Å². The molecule has 122 valence electrons. The number of ether oxygens (including phenoxy) is 2. The van der Waals surface area contributed by atoms with Crippen LogP contribution in [0, 0.1) is 5.82 Å². The van der Waals surface area contributed by atoms with E-state index in [0.29, 0.717) is 22.1 Å². The van der Waals surface area contributed by atoms with Crippen LogP contribution in [0.4, 0.5) is 4.39 Å². The Morgan fingerprint density at radius 2 is 1.87 bits per heavy atom. The Balaban J connectivity index is 1.98. The van der Waals surface area contributed by atoms with Gasteiger partial charge in [-0.25, -0.2) is 4.39 Å². The topological polar surface area (TPSA) is 47.6 Å². The molecule has 0 aliphatic carbocycles. The van der Waals surface area contributed by atoms with Crippen molar-refractivity contribution < 1.29 is 18.7 Å². The number of carbonyl (C=O) groups excluding carboxylic acids is 1. The van der Waals surface area contributed by atoms with Gasteiger partial charge in [-0.3, -0.25) is 4.79 Å². The number of amides is 1. The molecule has 23 heavy (non-hydrogen) atoms. The molecular formula is C17H17ClFNO3. The van der Waals surface area contributed by atoms with E-state index in [1.54, 1.807) is 25.3 Å². The van der Waals surface area contributed by atoms with Gasteiger partial charge >= 0.3 is 0 Å². The zero-order chi connectivity index (χ0) is 16.8. The van der Waals surface area contributed by atoms with E-state index >= 15 is 0 Å². The van der Waals surface area contributed by atoms with E-state index in [4.69, 9.17) is 21.1 Å². The summed E-state index contributed by atoms with van der Waals surface area (Å²) in [6, 6.07) is 9.48. The second-order valence-corrected chi connectivity index (χ2v) is 5.32. The van der Waals surface area contributed by atoms with E-state index < -0.39 is 5.82 Å². The second kappa shape index (κ2) is 7.83.